The number of ether oxygens (including phenoxy) is 2. The molecule has 0 radical (unpaired) electrons. The molecule has 1 fully saturated rings. The highest BCUT2D eigenvalue weighted by Gasteiger charge is 2.16. The molecule has 2 aromatic rings. The first-order chi connectivity index (χ1) is 11.8. The van der Waals surface area contributed by atoms with E-state index in [2.05, 4.69) is 20.1 Å². The van der Waals surface area contributed by atoms with Gasteiger partial charge in [-0.1, -0.05) is 0 Å². The van der Waals surface area contributed by atoms with Crippen LogP contribution in [0.2, 0.25) is 0 Å². The third-order valence-electron chi connectivity index (χ3n) is 3.74. The second-order valence-electron chi connectivity index (χ2n) is 5.37. The number of hydrogen-bond donors (Lipinski definition) is 2. The molecule has 8 heteroatoms. The third-order valence-corrected chi connectivity index (χ3v) is 3.74. The summed E-state index contributed by atoms with van der Waals surface area (Å²) >= 11 is 0. The number of morpholine rings is 1. The fraction of sp³-hybridized carbons (Fsp3) is 0.375. The molecule has 1 aliphatic heterocycles. The minimum absolute atomic E-state index is 0.135. The van der Waals surface area contributed by atoms with Gasteiger partial charge in [0.2, 0.25) is 5.95 Å². The number of hydrogen-bond acceptors (Lipinski definition) is 6. The number of nitrogens with two attached hydrogens (primary N) is 1. The van der Waals surface area contributed by atoms with Crippen molar-refractivity contribution in [3.8, 4) is 17.1 Å². The van der Waals surface area contributed by atoms with Crippen LogP contribution in [0.1, 0.15) is 0 Å². The second kappa shape index (κ2) is 7.89. The van der Waals surface area contributed by atoms with E-state index in [0.29, 0.717) is 42.6 Å². The predicted molar refractivity (Wildman–Crippen MR) is 88.6 cm³/mol. The molecule has 7 nitrogen and oxygen atoms in total. The Labute approximate surface area is 139 Å². The number of aromatic amines is 1. The summed E-state index contributed by atoms with van der Waals surface area (Å²) < 4.78 is 23.3. The first-order valence-corrected chi connectivity index (χ1v) is 7.76. The molecule has 0 atom stereocenters. The van der Waals surface area contributed by atoms with Crippen molar-refractivity contribution in [1.29, 1.82) is 0 Å². The van der Waals surface area contributed by atoms with Crippen LogP contribution < -0.4 is 15.4 Å². The van der Waals surface area contributed by atoms with Crippen LogP contribution in [0.5, 0.6) is 5.75 Å². The highest BCUT2D eigenvalue weighted by atomic mass is 19.1. The van der Waals surface area contributed by atoms with Crippen molar-refractivity contribution >= 4 is 5.95 Å². The highest BCUT2D eigenvalue weighted by molar-refractivity contribution is 5.57. The van der Waals surface area contributed by atoms with E-state index >= 15 is 0 Å². The fourth-order valence-corrected chi connectivity index (χ4v) is 2.31. The van der Waals surface area contributed by atoms with E-state index in [1.807, 2.05) is 12.1 Å². The lowest BCUT2D eigenvalue weighted by Gasteiger charge is -2.25. The van der Waals surface area contributed by atoms with Crippen molar-refractivity contribution < 1.29 is 13.9 Å². The van der Waals surface area contributed by atoms with Gasteiger partial charge in [-0.15, -0.1) is 5.10 Å². The zero-order valence-electron chi connectivity index (χ0n) is 13.2. The summed E-state index contributed by atoms with van der Waals surface area (Å²) in [5.74, 6) is 2.00. The Balaban J connectivity index is 1.64. The van der Waals surface area contributed by atoms with Crippen molar-refractivity contribution in [3.05, 3.63) is 36.2 Å². The van der Waals surface area contributed by atoms with E-state index in [0.717, 1.165) is 18.7 Å². The lowest BCUT2D eigenvalue weighted by molar-refractivity contribution is 0.122. The van der Waals surface area contributed by atoms with Crippen molar-refractivity contribution in [1.82, 2.24) is 15.2 Å². The molecule has 0 unspecified atom stereocenters. The van der Waals surface area contributed by atoms with Gasteiger partial charge in [0.15, 0.2) is 5.82 Å². The average molecular weight is 333 g/mol. The molecular weight excluding hydrogens is 313 g/mol. The average Bonchev–Trinajstić information content (AvgIpc) is 3.14. The quantitative estimate of drug-likeness (QED) is 0.833. The van der Waals surface area contributed by atoms with Crippen LogP contribution >= 0.6 is 0 Å². The van der Waals surface area contributed by atoms with Crippen LogP contribution in [-0.4, -0.2) is 54.6 Å². The maximum Gasteiger partial charge on any atom is 0.245 e. The van der Waals surface area contributed by atoms with E-state index in [1.165, 1.54) is 0 Å². The van der Waals surface area contributed by atoms with Gasteiger partial charge in [-0.25, -0.2) is 4.39 Å². The van der Waals surface area contributed by atoms with Gasteiger partial charge in [-0.05, 0) is 24.3 Å². The first kappa shape index (κ1) is 16.4. The Hall–Kier alpha value is -2.45. The molecular formula is C16H20FN5O2. The Morgan fingerprint density at radius 3 is 2.75 bits per heavy atom. The normalized spacial score (nSPS) is 15.6. The predicted octanol–water partition coefficient (Wildman–Crippen LogP) is 1.50. The van der Waals surface area contributed by atoms with Gasteiger partial charge < -0.3 is 20.1 Å². The lowest BCUT2D eigenvalue weighted by Crippen LogP contribution is -2.36. The topological polar surface area (TPSA) is 89.3 Å². The van der Waals surface area contributed by atoms with Crippen LogP contribution in [0.4, 0.5) is 10.3 Å². The van der Waals surface area contributed by atoms with Gasteiger partial charge in [0.25, 0.3) is 0 Å². The Morgan fingerprint density at radius 1 is 1.33 bits per heavy atom. The number of anilines is 1. The van der Waals surface area contributed by atoms with Gasteiger partial charge in [0.1, 0.15) is 12.4 Å². The summed E-state index contributed by atoms with van der Waals surface area (Å²) in [6.07, 6.45) is 0.482. The van der Waals surface area contributed by atoms with E-state index < -0.39 is 0 Å². The van der Waals surface area contributed by atoms with Crippen molar-refractivity contribution in [2.24, 2.45) is 5.73 Å². The van der Waals surface area contributed by atoms with Crippen LogP contribution in [0, 0.1) is 0 Å². The monoisotopic (exact) mass is 333 g/mol. The molecule has 3 rings (SSSR count). The number of aromatic nitrogens is 3. The maximum atomic E-state index is 12.4. The van der Waals surface area contributed by atoms with Gasteiger partial charge in [-0.3, -0.25) is 5.10 Å². The van der Waals surface area contributed by atoms with Gasteiger partial charge >= 0.3 is 0 Å². The molecule has 128 valence electrons. The summed E-state index contributed by atoms with van der Waals surface area (Å²) in [5, 5.41) is 7.21. The van der Waals surface area contributed by atoms with Crippen molar-refractivity contribution in [3.63, 3.8) is 0 Å². The third kappa shape index (κ3) is 3.90. The van der Waals surface area contributed by atoms with Crippen molar-refractivity contribution in [2.45, 2.75) is 0 Å². The lowest BCUT2D eigenvalue weighted by atomic mass is 10.2. The molecule has 0 bridgehead atoms. The van der Waals surface area contributed by atoms with Crippen LogP contribution in [-0.2, 0) is 4.74 Å². The summed E-state index contributed by atoms with van der Waals surface area (Å²) in [7, 11) is 0. The number of nitrogens with one attached hydrogen (secondary N) is 1. The van der Waals surface area contributed by atoms with E-state index in [9.17, 15) is 4.39 Å². The first-order valence-electron chi connectivity index (χ1n) is 7.76. The summed E-state index contributed by atoms with van der Waals surface area (Å²) in [6, 6.07) is 7.36. The molecule has 1 aliphatic rings. The minimum atomic E-state index is 0.135. The number of benzene rings is 1. The van der Waals surface area contributed by atoms with Gasteiger partial charge in [0, 0.05) is 30.8 Å². The van der Waals surface area contributed by atoms with E-state index in [-0.39, 0.29) is 13.2 Å². The number of halogens is 1. The van der Waals surface area contributed by atoms with Gasteiger partial charge in [0.05, 0.1) is 19.5 Å². The number of nitrogens with zero attached hydrogens (tertiary/aromatic N) is 3. The van der Waals surface area contributed by atoms with Crippen LogP contribution in [0.3, 0.4) is 0 Å². The summed E-state index contributed by atoms with van der Waals surface area (Å²) in [5.41, 5.74) is 6.70. The number of rotatable bonds is 6. The zero-order valence-corrected chi connectivity index (χ0v) is 13.2. The smallest absolute Gasteiger partial charge is 0.245 e. The summed E-state index contributed by atoms with van der Waals surface area (Å²) in [6.45, 7) is 3.22. The molecule has 1 aromatic carbocycles. The second-order valence-corrected chi connectivity index (χ2v) is 5.37. The van der Waals surface area contributed by atoms with Crippen LogP contribution in [0.15, 0.2) is 36.2 Å². The molecule has 3 N–H and O–H groups in total. The molecule has 0 amide bonds. The van der Waals surface area contributed by atoms with Gasteiger partial charge in [-0.2, -0.15) is 4.98 Å². The van der Waals surface area contributed by atoms with E-state index in [4.69, 9.17) is 15.2 Å². The number of H-pyrrole nitrogens is 1. The molecule has 0 aliphatic carbocycles. The minimum Gasteiger partial charge on any atom is -0.489 e. The zero-order chi connectivity index (χ0) is 16.8. The maximum absolute atomic E-state index is 12.4. The fourth-order valence-electron chi connectivity index (χ4n) is 2.31. The Bertz CT molecular complexity index is 680. The Kier molecular flexibility index (Phi) is 5.39. The van der Waals surface area contributed by atoms with Crippen molar-refractivity contribution in [2.75, 3.05) is 44.4 Å². The molecule has 1 saturated heterocycles. The highest BCUT2D eigenvalue weighted by Crippen LogP contribution is 2.21. The van der Waals surface area contributed by atoms with Crippen LogP contribution in [0.25, 0.3) is 11.4 Å². The Morgan fingerprint density at radius 2 is 2.08 bits per heavy atom. The molecule has 24 heavy (non-hydrogen) atoms. The summed E-state index contributed by atoms with van der Waals surface area (Å²) in [4.78, 5) is 6.60. The largest absolute Gasteiger partial charge is 0.489 e. The van der Waals surface area contributed by atoms with E-state index in [1.54, 1.807) is 12.1 Å². The standard InChI is InChI=1S/C16H20FN5O2/c17-9-12(10-18)11-24-14-3-1-13(2-4-14)15-19-16(21-20-15)22-5-7-23-8-6-22/h1-4,9H,5-8,10-11,18H2,(H,19,20,21)/b12-9+. The SMILES string of the molecule is NC/C(=C\F)COc1ccc(-c2nc(N3CCOCC3)n[nH]2)cc1. The molecule has 0 spiro atoms. The molecule has 0 saturated carbocycles. The molecule has 1 aromatic heterocycles. The molecule has 2 heterocycles.